The highest BCUT2D eigenvalue weighted by atomic mass is 16.5. The van der Waals surface area contributed by atoms with Gasteiger partial charge in [-0.15, -0.1) is 10.2 Å². The molecule has 1 amide bonds. The number of aromatic nitrogens is 3. The second-order valence-corrected chi connectivity index (χ2v) is 5.42. The Hall–Kier alpha value is -3.48. The Labute approximate surface area is 151 Å². The summed E-state index contributed by atoms with van der Waals surface area (Å²) in [7, 11) is 0. The number of carbonyl (C=O) groups excluding carboxylic acids is 1. The van der Waals surface area contributed by atoms with Gasteiger partial charge in [0.2, 0.25) is 0 Å². The second-order valence-electron chi connectivity index (χ2n) is 5.42. The normalized spacial score (nSPS) is 10.2. The fourth-order valence-corrected chi connectivity index (χ4v) is 2.24. The molecule has 7 heteroatoms. The summed E-state index contributed by atoms with van der Waals surface area (Å²) in [4.78, 5) is 16.2. The molecule has 3 aromatic rings. The molecule has 2 N–H and O–H groups in total. The van der Waals surface area contributed by atoms with Crippen LogP contribution in [0.5, 0.6) is 5.75 Å². The Morgan fingerprint density at radius 3 is 2.42 bits per heavy atom. The summed E-state index contributed by atoms with van der Waals surface area (Å²) in [6, 6.07) is 14.3. The zero-order valence-corrected chi connectivity index (χ0v) is 14.3. The van der Waals surface area contributed by atoms with E-state index in [1.54, 1.807) is 48.8 Å². The molecule has 0 saturated heterocycles. The molecule has 1 aromatic carbocycles. The molecule has 3 rings (SSSR count). The van der Waals surface area contributed by atoms with Crippen LogP contribution < -0.4 is 15.4 Å². The highest BCUT2D eigenvalue weighted by molar-refractivity contribution is 6.02. The Morgan fingerprint density at radius 2 is 1.77 bits per heavy atom. The van der Waals surface area contributed by atoms with Crippen molar-refractivity contribution in [2.24, 2.45) is 0 Å². The number of hydrogen-bond acceptors (Lipinski definition) is 6. The molecule has 0 bridgehead atoms. The van der Waals surface area contributed by atoms with Gasteiger partial charge in [0.1, 0.15) is 11.6 Å². The van der Waals surface area contributed by atoms with E-state index in [-0.39, 0.29) is 11.6 Å². The lowest BCUT2D eigenvalue weighted by Crippen LogP contribution is -2.14. The molecule has 26 heavy (non-hydrogen) atoms. The van der Waals surface area contributed by atoms with Crippen molar-refractivity contribution in [1.82, 2.24) is 15.2 Å². The van der Waals surface area contributed by atoms with Gasteiger partial charge in [-0.3, -0.25) is 9.78 Å². The van der Waals surface area contributed by atoms with Gasteiger partial charge in [-0.2, -0.15) is 0 Å². The number of nitrogens with zero attached hydrogens (tertiary/aromatic N) is 3. The molecular formula is C19H19N5O2. The van der Waals surface area contributed by atoms with E-state index in [2.05, 4.69) is 25.8 Å². The quantitative estimate of drug-likeness (QED) is 0.681. The Balaban J connectivity index is 1.56. The summed E-state index contributed by atoms with van der Waals surface area (Å²) in [5, 5.41) is 13.9. The monoisotopic (exact) mass is 349 g/mol. The number of rotatable bonds is 7. The first-order valence-electron chi connectivity index (χ1n) is 8.25. The summed E-state index contributed by atoms with van der Waals surface area (Å²) in [5.41, 5.74) is 1.99. The fourth-order valence-electron chi connectivity index (χ4n) is 2.24. The summed E-state index contributed by atoms with van der Waals surface area (Å²) in [6.07, 6.45) is 3.47. The topological polar surface area (TPSA) is 89.0 Å². The van der Waals surface area contributed by atoms with E-state index in [0.29, 0.717) is 24.7 Å². The van der Waals surface area contributed by atoms with Gasteiger partial charge in [-0.1, -0.05) is 0 Å². The van der Waals surface area contributed by atoms with Gasteiger partial charge in [0.05, 0.1) is 6.61 Å². The average Bonchev–Trinajstić information content (AvgIpc) is 2.69. The van der Waals surface area contributed by atoms with Crippen molar-refractivity contribution in [3.05, 3.63) is 72.2 Å². The maximum absolute atomic E-state index is 12.2. The zero-order valence-electron chi connectivity index (χ0n) is 14.3. The molecule has 0 aliphatic heterocycles. The van der Waals surface area contributed by atoms with Gasteiger partial charge in [0.15, 0.2) is 5.69 Å². The highest BCUT2D eigenvalue weighted by Gasteiger charge is 2.09. The maximum atomic E-state index is 12.2. The lowest BCUT2D eigenvalue weighted by atomic mass is 10.2. The highest BCUT2D eigenvalue weighted by Crippen LogP contribution is 2.16. The molecule has 0 radical (unpaired) electrons. The number of carbonyl (C=O) groups is 1. The first kappa shape index (κ1) is 17.3. The molecule has 0 spiro atoms. The van der Waals surface area contributed by atoms with Crippen LogP contribution in [0.25, 0.3) is 0 Å². The summed E-state index contributed by atoms with van der Waals surface area (Å²) >= 11 is 0. The Morgan fingerprint density at radius 1 is 1.00 bits per heavy atom. The minimum absolute atomic E-state index is 0.244. The van der Waals surface area contributed by atoms with Crippen LogP contribution in [0.4, 0.5) is 11.5 Å². The number of anilines is 2. The lowest BCUT2D eigenvalue weighted by Gasteiger charge is -2.07. The van der Waals surface area contributed by atoms with Crippen molar-refractivity contribution in [3.8, 4) is 5.75 Å². The van der Waals surface area contributed by atoms with E-state index in [1.807, 2.05) is 19.1 Å². The SMILES string of the molecule is CCOc1ccc(NC(=O)c2ccc(NCc3ccncc3)nn2)cc1. The molecule has 7 nitrogen and oxygen atoms in total. The summed E-state index contributed by atoms with van der Waals surface area (Å²) < 4.78 is 5.37. The third-order valence-corrected chi connectivity index (χ3v) is 3.54. The molecule has 0 unspecified atom stereocenters. The minimum Gasteiger partial charge on any atom is -0.494 e. The lowest BCUT2D eigenvalue weighted by molar-refractivity contribution is 0.102. The van der Waals surface area contributed by atoms with Crippen molar-refractivity contribution in [2.45, 2.75) is 13.5 Å². The van der Waals surface area contributed by atoms with Crippen LogP contribution in [-0.2, 0) is 6.54 Å². The van der Waals surface area contributed by atoms with E-state index in [9.17, 15) is 4.79 Å². The molecule has 0 aliphatic rings. The van der Waals surface area contributed by atoms with Crippen LogP contribution in [0.1, 0.15) is 23.0 Å². The predicted octanol–water partition coefficient (Wildman–Crippen LogP) is 3.13. The largest absolute Gasteiger partial charge is 0.494 e. The summed E-state index contributed by atoms with van der Waals surface area (Å²) in [5.74, 6) is 1.04. The smallest absolute Gasteiger partial charge is 0.276 e. The molecule has 0 saturated carbocycles. The van der Waals surface area contributed by atoms with Crippen LogP contribution in [0.3, 0.4) is 0 Å². The van der Waals surface area contributed by atoms with Crippen LogP contribution in [0, 0.1) is 0 Å². The molecule has 0 atom stereocenters. The molecule has 0 fully saturated rings. The van der Waals surface area contributed by atoms with Crippen LogP contribution in [0.2, 0.25) is 0 Å². The molecule has 2 heterocycles. The van der Waals surface area contributed by atoms with Crippen LogP contribution in [-0.4, -0.2) is 27.7 Å². The van der Waals surface area contributed by atoms with Gasteiger partial charge in [0, 0.05) is 24.6 Å². The van der Waals surface area contributed by atoms with Gasteiger partial charge < -0.3 is 15.4 Å². The molecule has 132 valence electrons. The number of benzene rings is 1. The number of nitrogens with one attached hydrogen (secondary N) is 2. The third-order valence-electron chi connectivity index (χ3n) is 3.54. The van der Waals surface area contributed by atoms with E-state index >= 15 is 0 Å². The number of ether oxygens (including phenoxy) is 1. The maximum Gasteiger partial charge on any atom is 0.276 e. The standard InChI is InChI=1S/C19H19N5O2/c1-2-26-16-5-3-15(4-6-16)22-19(25)17-7-8-18(24-23-17)21-13-14-9-11-20-12-10-14/h3-12H,2,13H2,1H3,(H,21,24)(H,22,25). The predicted molar refractivity (Wildman–Crippen MR) is 99.2 cm³/mol. The van der Waals surface area contributed by atoms with Gasteiger partial charge in [-0.25, -0.2) is 0 Å². The Kier molecular flexibility index (Phi) is 5.72. The van der Waals surface area contributed by atoms with Gasteiger partial charge >= 0.3 is 0 Å². The van der Waals surface area contributed by atoms with E-state index in [4.69, 9.17) is 4.74 Å². The molecule has 0 aliphatic carbocycles. The average molecular weight is 349 g/mol. The summed E-state index contributed by atoms with van der Waals surface area (Å²) in [6.45, 7) is 3.13. The van der Waals surface area contributed by atoms with E-state index in [0.717, 1.165) is 11.3 Å². The van der Waals surface area contributed by atoms with Crippen molar-refractivity contribution in [1.29, 1.82) is 0 Å². The first-order chi connectivity index (χ1) is 12.7. The number of hydrogen-bond donors (Lipinski definition) is 2. The molecular weight excluding hydrogens is 330 g/mol. The first-order valence-corrected chi connectivity index (χ1v) is 8.25. The third kappa shape index (κ3) is 4.76. The van der Waals surface area contributed by atoms with Crippen LogP contribution >= 0.6 is 0 Å². The van der Waals surface area contributed by atoms with Crippen molar-refractivity contribution < 1.29 is 9.53 Å². The number of pyridine rings is 1. The fraction of sp³-hybridized carbons (Fsp3) is 0.158. The minimum atomic E-state index is -0.317. The number of amides is 1. The van der Waals surface area contributed by atoms with Crippen molar-refractivity contribution in [3.63, 3.8) is 0 Å². The van der Waals surface area contributed by atoms with Crippen molar-refractivity contribution >= 4 is 17.4 Å². The van der Waals surface area contributed by atoms with Gasteiger partial charge in [0.25, 0.3) is 5.91 Å². The van der Waals surface area contributed by atoms with Crippen molar-refractivity contribution in [2.75, 3.05) is 17.2 Å². The zero-order chi connectivity index (χ0) is 18.2. The Bertz CT molecular complexity index is 836. The molecule has 2 aromatic heterocycles. The second kappa shape index (κ2) is 8.57. The van der Waals surface area contributed by atoms with E-state index < -0.39 is 0 Å². The van der Waals surface area contributed by atoms with E-state index in [1.165, 1.54) is 0 Å². The van der Waals surface area contributed by atoms with Crippen LogP contribution in [0.15, 0.2) is 60.9 Å². The van der Waals surface area contributed by atoms with Gasteiger partial charge in [-0.05, 0) is 61.0 Å².